The van der Waals surface area contributed by atoms with Crippen LogP contribution in [0.5, 0.6) is 0 Å². The summed E-state index contributed by atoms with van der Waals surface area (Å²) >= 11 is 0. The lowest BCUT2D eigenvalue weighted by molar-refractivity contribution is 0.661. The maximum atomic E-state index is 5.10. The molecule has 0 bridgehead atoms. The van der Waals surface area contributed by atoms with Crippen molar-refractivity contribution in [2.24, 2.45) is 0 Å². The fraction of sp³-hybridized carbons (Fsp3) is 0.476. The molecule has 3 aromatic heterocycles. The Morgan fingerprint density at radius 3 is 0.852 bits per heavy atom. The van der Waals surface area contributed by atoms with Crippen LogP contribution in [0.3, 0.4) is 0 Å². The van der Waals surface area contributed by atoms with Crippen LogP contribution in [0.25, 0.3) is 0 Å². The maximum absolute atomic E-state index is 5.10. The van der Waals surface area contributed by atoms with Gasteiger partial charge in [0.05, 0.1) is 0 Å². The van der Waals surface area contributed by atoms with Crippen molar-refractivity contribution in [3.8, 4) is 0 Å². The molecule has 432 valence electrons. The Balaban J connectivity index is 1.10. The van der Waals surface area contributed by atoms with E-state index < -0.39 is 0 Å². The van der Waals surface area contributed by atoms with Gasteiger partial charge in [0.25, 0.3) is 0 Å². The van der Waals surface area contributed by atoms with Crippen LogP contribution < -0.4 is 46.6 Å². The molecule has 0 saturated heterocycles. The monoisotopic (exact) mass is 1100 g/mol. The molecule has 0 amide bonds. The first-order valence-electron chi connectivity index (χ1n) is 30.0. The molecular formula is C63H90N18. The fourth-order valence-electron chi connectivity index (χ4n) is 8.99. The predicted molar refractivity (Wildman–Crippen MR) is 335 cm³/mol. The molecule has 0 aliphatic rings. The predicted octanol–water partition coefficient (Wildman–Crippen LogP) is 13.1. The first-order chi connectivity index (χ1) is 39.8. The average molecular weight is 1100 g/mol. The average Bonchev–Trinajstić information content (AvgIpc) is 3.56. The number of rotatable bonds is 39. The van der Waals surface area contributed by atoms with E-state index in [0.717, 1.165) is 150 Å². The van der Waals surface area contributed by atoms with Crippen LogP contribution in [-0.4, -0.2) is 84.1 Å². The normalized spacial score (nSPS) is 11.0. The van der Waals surface area contributed by atoms with E-state index in [-0.39, 0.29) is 0 Å². The second kappa shape index (κ2) is 34.3. The van der Waals surface area contributed by atoms with Gasteiger partial charge >= 0.3 is 0 Å². The van der Waals surface area contributed by atoms with Gasteiger partial charge in [-0.3, -0.25) is 0 Å². The van der Waals surface area contributed by atoms with E-state index >= 15 is 0 Å². The van der Waals surface area contributed by atoms with Gasteiger partial charge < -0.3 is 46.6 Å². The molecule has 0 spiro atoms. The third kappa shape index (κ3) is 20.9. The van der Waals surface area contributed by atoms with Crippen LogP contribution in [0, 0.1) is 0 Å². The van der Waals surface area contributed by atoms with Crippen molar-refractivity contribution in [2.45, 2.75) is 158 Å². The van der Waals surface area contributed by atoms with Gasteiger partial charge in [-0.15, -0.1) is 0 Å². The van der Waals surface area contributed by atoms with Crippen LogP contribution in [-0.2, 0) is 39.3 Å². The summed E-state index contributed by atoms with van der Waals surface area (Å²) in [6.45, 7) is 21.8. The minimum atomic E-state index is 0.467. The van der Waals surface area contributed by atoms with Gasteiger partial charge in [-0.25, -0.2) is 0 Å². The second-order valence-electron chi connectivity index (χ2n) is 20.7. The lowest BCUT2D eigenvalue weighted by atomic mass is 10.1. The molecule has 7 aromatic rings. The summed E-state index contributed by atoms with van der Waals surface area (Å²) in [6, 6.07) is 37.9. The van der Waals surface area contributed by atoms with Gasteiger partial charge in [0, 0.05) is 78.5 Å². The summed E-state index contributed by atoms with van der Waals surface area (Å²) in [5.41, 5.74) is 6.65. The highest BCUT2D eigenvalue weighted by molar-refractivity contribution is 5.48. The number of anilines is 9. The van der Waals surface area contributed by atoms with Crippen molar-refractivity contribution in [1.82, 2.24) is 44.9 Å². The molecule has 18 nitrogen and oxygen atoms in total. The zero-order valence-corrected chi connectivity index (χ0v) is 49.2. The number of nitrogens with zero attached hydrogens (tertiary/aromatic N) is 12. The topological polar surface area (TPSA) is 198 Å². The van der Waals surface area contributed by atoms with E-state index in [9.17, 15) is 0 Å². The highest BCUT2D eigenvalue weighted by Crippen LogP contribution is 2.23. The van der Waals surface area contributed by atoms with Crippen LogP contribution in [0.15, 0.2) is 109 Å². The van der Waals surface area contributed by atoms with Gasteiger partial charge in [0.1, 0.15) is 0 Å². The van der Waals surface area contributed by atoms with Crippen molar-refractivity contribution in [2.75, 3.05) is 85.9 Å². The summed E-state index contributed by atoms with van der Waals surface area (Å²) in [6.07, 6.45) is 13.0. The van der Waals surface area contributed by atoms with Crippen molar-refractivity contribution < 1.29 is 0 Å². The molecule has 0 unspecified atom stereocenters. The molecule has 3 heterocycles. The van der Waals surface area contributed by atoms with Gasteiger partial charge in [-0.05, 0) is 71.9 Å². The molecule has 4 aromatic carbocycles. The number of hydrogen-bond donors (Lipinski definition) is 6. The van der Waals surface area contributed by atoms with Gasteiger partial charge in [-0.2, -0.15) is 44.9 Å². The van der Waals surface area contributed by atoms with E-state index in [0.29, 0.717) is 92.8 Å². The fourth-order valence-corrected chi connectivity index (χ4v) is 8.99. The molecule has 18 heteroatoms. The molecule has 7 rings (SSSR count). The van der Waals surface area contributed by atoms with Crippen LogP contribution in [0.2, 0.25) is 0 Å². The maximum Gasteiger partial charge on any atom is 0.232 e. The molecule has 0 aliphatic carbocycles. The zero-order chi connectivity index (χ0) is 56.7. The smallest absolute Gasteiger partial charge is 0.232 e. The summed E-state index contributed by atoms with van der Waals surface area (Å²) in [5.74, 6) is 5.25. The van der Waals surface area contributed by atoms with Crippen molar-refractivity contribution >= 4 is 53.5 Å². The Labute approximate surface area is 482 Å². The minimum Gasteiger partial charge on any atom is -0.354 e. The Hall–Kier alpha value is -7.89. The van der Waals surface area contributed by atoms with Gasteiger partial charge in [-0.1, -0.05) is 189 Å². The summed E-state index contributed by atoms with van der Waals surface area (Å²) in [7, 11) is 0. The summed E-state index contributed by atoms with van der Waals surface area (Å²) in [4.78, 5) is 51.3. The SMILES string of the molecule is CCCCNc1nc(NCc2cccc(CNc3nc(NCc4cccc(CNc5nc(NCCCC)nc(N(CCCC)CCCC)n5)c4)nc(N(Cc4ccccc4)Cc4ccccc4)n3)c2)nc(N(CCCC)CCCC)n1. The third-order valence-electron chi connectivity index (χ3n) is 13.7. The van der Waals surface area contributed by atoms with E-state index in [1.54, 1.807) is 0 Å². The van der Waals surface area contributed by atoms with Crippen molar-refractivity contribution in [3.05, 3.63) is 143 Å². The second-order valence-corrected chi connectivity index (χ2v) is 20.7. The molecule has 0 saturated carbocycles. The van der Waals surface area contributed by atoms with E-state index in [1.807, 2.05) is 12.1 Å². The molecular weight excluding hydrogens is 1010 g/mol. The first-order valence-corrected chi connectivity index (χ1v) is 30.0. The van der Waals surface area contributed by atoms with Gasteiger partial charge in [0.2, 0.25) is 53.5 Å². The van der Waals surface area contributed by atoms with E-state index in [1.165, 1.54) is 0 Å². The molecule has 0 aliphatic heterocycles. The lowest BCUT2D eigenvalue weighted by Crippen LogP contribution is -2.28. The largest absolute Gasteiger partial charge is 0.354 e. The summed E-state index contributed by atoms with van der Waals surface area (Å²) < 4.78 is 0. The quantitative estimate of drug-likeness (QED) is 0.0199. The Morgan fingerprint density at radius 1 is 0.284 bits per heavy atom. The zero-order valence-electron chi connectivity index (χ0n) is 49.2. The standard InChI is InChI=1S/C63H90N18/c1-7-13-35-64-55-70-57(75-61(73-55)79(37-15-9-3)38-16-10-4)66-43-51-31-25-33-53(41-51)45-68-59-72-60(78-63(77-59)81(47-49-27-21-19-22-28-49)48-50-29-23-20-24-30-50)69-46-54-34-26-32-52(42-54)44-67-58-71-56(65-36-14-8-2)74-62(76-58)80(39-17-11-5)40-18-12-6/h19-34,41-42H,7-18,35-40,43-48H2,1-6H3,(H2,64,66,70,73,75)(H2,65,67,71,74,76)(H2,68,69,72,77,78). The Kier molecular flexibility index (Phi) is 25.7. The van der Waals surface area contributed by atoms with E-state index in [4.69, 9.17) is 44.9 Å². The molecule has 6 N–H and O–H groups in total. The number of aromatic nitrogens is 9. The lowest BCUT2D eigenvalue weighted by Gasteiger charge is -2.24. The highest BCUT2D eigenvalue weighted by Gasteiger charge is 2.19. The summed E-state index contributed by atoms with van der Waals surface area (Å²) in [5, 5.41) is 21.1. The number of nitrogens with one attached hydrogen (secondary N) is 6. The molecule has 0 radical (unpaired) electrons. The highest BCUT2D eigenvalue weighted by atomic mass is 15.4. The van der Waals surface area contributed by atoms with Crippen LogP contribution in [0.1, 0.15) is 152 Å². The molecule has 0 atom stereocenters. The van der Waals surface area contributed by atoms with Gasteiger partial charge in [0.15, 0.2) is 0 Å². The first kappa shape index (κ1) is 60.7. The number of hydrogen-bond acceptors (Lipinski definition) is 18. The molecule has 81 heavy (non-hydrogen) atoms. The van der Waals surface area contributed by atoms with Crippen LogP contribution >= 0.6 is 0 Å². The van der Waals surface area contributed by atoms with Crippen LogP contribution in [0.4, 0.5) is 53.5 Å². The minimum absolute atomic E-state index is 0.467. The Morgan fingerprint density at radius 2 is 0.556 bits per heavy atom. The third-order valence-corrected chi connectivity index (χ3v) is 13.7. The van der Waals surface area contributed by atoms with E-state index in [2.05, 4.69) is 185 Å². The van der Waals surface area contributed by atoms with Crippen molar-refractivity contribution in [3.63, 3.8) is 0 Å². The van der Waals surface area contributed by atoms with Crippen molar-refractivity contribution in [1.29, 1.82) is 0 Å². The Bertz CT molecular complexity index is 2670. The molecule has 0 fully saturated rings. The number of benzene rings is 4. The number of unbranched alkanes of at least 4 members (excludes halogenated alkanes) is 6.